The van der Waals surface area contributed by atoms with Crippen LogP contribution < -0.4 is 5.32 Å². The van der Waals surface area contributed by atoms with Gasteiger partial charge in [0.05, 0.1) is 5.75 Å². The van der Waals surface area contributed by atoms with Crippen molar-refractivity contribution >= 4 is 11.8 Å². The molecule has 3 nitrogen and oxygen atoms in total. The number of benzene rings is 1. The van der Waals surface area contributed by atoms with Crippen LogP contribution in [0.1, 0.15) is 30.9 Å². The monoisotopic (exact) mass is 275 g/mol. The molecule has 2 N–H and O–H groups in total. The van der Waals surface area contributed by atoms with E-state index in [0.29, 0.717) is 6.04 Å². The molecular formula is C15H21N3S. The average Bonchev–Trinajstić information content (AvgIpc) is 2.84. The summed E-state index contributed by atoms with van der Waals surface area (Å²) in [5.41, 5.74) is 2.44. The van der Waals surface area contributed by atoms with E-state index < -0.39 is 0 Å². The SMILES string of the molecule is Cc1ccc(SCc2ncc(CNC(C)C)[nH]2)cc1. The Labute approximate surface area is 119 Å². The molecule has 0 aliphatic carbocycles. The number of rotatable bonds is 6. The van der Waals surface area contributed by atoms with Gasteiger partial charge < -0.3 is 10.3 Å². The van der Waals surface area contributed by atoms with Crippen LogP contribution in [0.3, 0.4) is 0 Å². The van der Waals surface area contributed by atoms with Crippen molar-refractivity contribution in [2.45, 2.75) is 44.0 Å². The summed E-state index contributed by atoms with van der Waals surface area (Å²) >= 11 is 1.81. The average molecular weight is 275 g/mol. The maximum Gasteiger partial charge on any atom is 0.116 e. The van der Waals surface area contributed by atoms with Crippen LogP contribution in [0.2, 0.25) is 0 Å². The molecule has 1 heterocycles. The van der Waals surface area contributed by atoms with Gasteiger partial charge in [-0.15, -0.1) is 11.8 Å². The van der Waals surface area contributed by atoms with Crippen molar-refractivity contribution in [1.82, 2.24) is 15.3 Å². The number of H-pyrrole nitrogens is 1. The van der Waals surface area contributed by atoms with Gasteiger partial charge in [0.1, 0.15) is 5.82 Å². The molecule has 19 heavy (non-hydrogen) atoms. The summed E-state index contributed by atoms with van der Waals surface area (Å²) in [6, 6.07) is 9.09. The highest BCUT2D eigenvalue weighted by atomic mass is 32.2. The fourth-order valence-electron chi connectivity index (χ4n) is 1.67. The number of aromatic amines is 1. The number of aryl methyl sites for hydroxylation is 1. The third-order valence-electron chi connectivity index (χ3n) is 2.78. The summed E-state index contributed by atoms with van der Waals surface area (Å²) in [4.78, 5) is 9.05. The molecule has 0 atom stereocenters. The van der Waals surface area contributed by atoms with Gasteiger partial charge in [-0.05, 0) is 19.1 Å². The Bertz CT molecular complexity index is 502. The van der Waals surface area contributed by atoms with Crippen molar-refractivity contribution in [3.05, 3.63) is 47.5 Å². The molecule has 102 valence electrons. The third-order valence-corrected chi connectivity index (χ3v) is 3.80. The van der Waals surface area contributed by atoms with Crippen molar-refractivity contribution in [2.75, 3.05) is 0 Å². The molecule has 0 unspecified atom stereocenters. The summed E-state index contributed by atoms with van der Waals surface area (Å²) in [6.45, 7) is 7.24. The first-order valence-electron chi connectivity index (χ1n) is 6.59. The van der Waals surface area contributed by atoms with E-state index in [1.807, 2.05) is 6.20 Å². The molecule has 4 heteroatoms. The lowest BCUT2D eigenvalue weighted by Crippen LogP contribution is -2.21. The molecule has 0 amide bonds. The van der Waals surface area contributed by atoms with Gasteiger partial charge in [-0.25, -0.2) is 4.98 Å². The Morgan fingerprint density at radius 1 is 1.26 bits per heavy atom. The maximum atomic E-state index is 4.41. The van der Waals surface area contributed by atoms with Crippen molar-refractivity contribution in [3.63, 3.8) is 0 Å². The molecule has 0 saturated heterocycles. The zero-order valence-corrected chi connectivity index (χ0v) is 12.6. The van der Waals surface area contributed by atoms with Gasteiger partial charge in [0.25, 0.3) is 0 Å². The Kier molecular flexibility index (Phi) is 5.05. The standard InChI is InChI=1S/C15H21N3S/c1-11(2)16-8-13-9-17-15(18-13)10-19-14-6-4-12(3)5-7-14/h4-7,9,11,16H,8,10H2,1-3H3,(H,17,18). The largest absolute Gasteiger partial charge is 0.344 e. The molecular weight excluding hydrogens is 254 g/mol. The Hall–Kier alpha value is -1.26. The number of aromatic nitrogens is 2. The van der Waals surface area contributed by atoms with Crippen LogP contribution in [-0.2, 0) is 12.3 Å². The summed E-state index contributed by atoms with van der Waals surface area (Å²) < 4.78 is 0. The Morgan fingerprint density at radius 3 is 2.68 bits per heavy atom. The van der Waals surface area contributed by atoms with Crippen LogP contribution >= 0.6 is 11.8 Å². The molecule has 0 saturated carbocycles. The number of hydrogen-bond donors (Lipinski definition) is 2. The summed E-state index contributed by atoms with van der Waals surface area (Å²) in [7, 11) is 0. The molecule has 0 fully saturated rings. The first kappa shape index (κ1) is 14.2. The summed E-state index contributed by atoms with van der Waals surface area (Å²) in [6.07, 6.45) is 1.92. The van der Waals surface area contributed by atoms with Gasteiger partial charge in [-0.1, -0.05) is 31.5 Å². The molecule has 0 aliphatic heterocycles. The van der Waals surface area contributed by atoms with Crippen LogP contribution in [0.15, 0.2) is 35.4 Å². The van der Waals surface area contributed by atoms with E-state index in [1.54, 1.807) is 11.8 Å². The van der Waals surface area contributed by atoms with Crippen LogP contribution in [0.5, 0.6) is 0 Å². The topological polar surface area (TPSA) is 40.7 Å². The minimum atomic E-state index is 0.494. The summed E-state index contributed by atoms with van der Waals surface area (Å²) in [5, 5.41) is 3.38. The fraction of sp³-hybridized carbons (Fsp3) is 0.400. The van der Waals surface area contributed by atoms with Crippen LogP contribution in [0, 0.1) is 6.92 Å². The quantitative estimate of drug-likeness (QED) is 0.793. The molecule has 2 rings (SSSR count). The summed E-state index contributed by atoms with van der Waals surface area (Å²) in [5.74, 6) is 1.91. The minimum Gasteiger partial charge on any atom is -0.344 e. The third kappa shape index (κ3) is 4.73. The van der Waals surface area contributed by atoms with Gasteiger partial charge in [0.2, 0.25) is 0 Å². The molecule has 0 radical (unpaired) electrons. The van der Waals surface area contributed by atoms with E-state index in [-0.39, 0.29) is 0 Å². The van der Waals surface area contributed by atoms with E-state index in [1.165, 1.54) is 10.5 Å². The number of nitrogens with one attached hydrogen (secondary N) is 2. The number of imidazole rings is 1. The normalized spacial score (nSPS) is 11.2. The van der Waals surface area contributed by atoms with Crippen LogP contribution in [-0.4, -0.2) is 16.0 Å². The lowest BCUT2D eigenvalue weighted by atomic mass is 10.2. The molecule has 0 spiro atoms. The second-order valence-corrected chi connectivity index (χ2v) is 6.04. The van der Waals surface area contributed by atoms with Gasteiger partial charge in [-0.3, -0.25) is 0 Å². The lowest BCUT2D eigenvalue weighted by molar-refractivity contribution is 0.582. The van der Waals surface area contributed by atoms with E-state index >= 15 is 0 Å². The van der Waals surface area contributed by atoms with Gasteiger partial charge in [0.15, 0.2) is 0 Å². The van der Waals surface area contributed by atoms with E-state index in [9.17, 15) is 0 Å². The van der Waals surface area contributed by atoms with Crippen molar-refractivity contribution < 1.29 is 0 Å². The molecule has 0 aliphatic rings. The van der Waals surface area contributed by atoms with Gasteiger partial charge in [0, 0.05) is 29.4 Å². The van der Waals surface area contributed by atoms with Crippen molar-refractivity contribution in [1.29, 1.82) is 0 Å². The highest BCUT2D eigenvalue weighted by molar-refractivity contribution is 7.98. The highest BCUT2D eigenvalue weighted by Crippen LogP contribution is 2.21. The second-order valence-electron chi connectivity index (χ2n) is 4.99. The van der Waals surface area contributed by atoms with Gasteiger partial charge >= 0.3 is 0 Å². The predicted octanol–water partition coefficient (Wildman–Crippen LogP) is 3.51. The Morgan fingerprint density at radius 2 is 2.00 bits per heavy atom. The zero-order valence-electron chi connectivity index (χ0n) is 11.7. The van der Waals surface area contributed by atoms with E-state index in [4.69, 9.17) is 0 Å². The van der Waals surface area contributed by atoms with E-state index in [0.717, 1.165) is 23.8 Å². The Balaban J connectivity index is 1.84. The van der Waals surface area contributed by atoms with Crippen molar-refractivity contribution in [2.24, 2.45) is 0 Å². The lowest BCUT2D eigenvalue weighted by Gasteiger charge is -2.05. The first-order chi connectivity index (χ1) is 9.13. The number of hydrogen-bond acceptors (Lipinski definition) is 3. The van der Waals surface area contributed by atoms with Crippen molar-refractivity contribution in [3.8, 4) is 0 Å². The molecule has 1 aromatic carbocycles. The fourth-order valence-corrected chi connectivity index (χ4v) is 2.45. The highest BCUT2D eigenvalue weighted by Gasteiger charge is 2.02. The predicted molar refractivity (Wildman–Crippen MR) is 81.3 cm³/mol. The second kappa shape index (κ2) is 6.78. The molecule has 2 aromatic rings. The van der Waals surface area contributed by atoms with Crippen LogP contribution in [0.25, 0.3) is 0 Å². The van der Waals surface area contributed by atoms with Crippen LogP contribution in [0.4, 0.5) is 0 Å². The van der Waals surface area contributed by atoms with Gasteiger partial charge in [-0.2, -0.15) is 0 Å². The minimum absolute atomic E-state index is 0.494. The van der Waals surface area contributed by atoms with E-state index in [2.05, 4.69) is 60.3 Å². The number of nitrogens with zero attached hydrogens (tertiary/aromatic N) is 1. The zero-order chi connectivity index (χ0) is 13.7. The first-order valence-corrected chi connectivity index (χ1v) is 7.57. The maximum absolute atomic E-state index is 4.41. The molecule has 0 bridgehead atoms. The smallest absolute Gasteiger partial charge is 0.116 e. The molecule has 1 aromatic heterocycles. The number of thioether (sulfide) groups is 1.